The van der Waals surface area contributed by atoms with Crippen molar-refractivity contribution in [2.24, 2.45) is 0 Å². The molecule has 2 rings (SSSR count). The number of ketones is 1. The highest BCUT2D eigenvalue weighted by atomic mass is 19.1. The van der Waals surface area contributed by atoms with Crippen LogP contribution < -0.4 is 4.74 Å². The fourth-order valence-electron chi connectivity index (χ4n) is 1.58. The summed E-state index contributed by atoms with van der Waals surface area (Å²) in [6, 6.07) is 3.66. The van der Waals surface area contributed by atoms with Gasteiger partial charge in [-0.25, -0.2) is 8.78 Å². The summed E-state index contributed by atoms with van der Waals surface area (Å²) in [6.07, 6.45) is 0. The van der Waals surface area contributed by atoms with E-state index in [1.54, 1.807) is 0 Å². The number of benzene rings is 1. The number of aromatic nitrogens is 1. The Hall–Kier alpha value is -2.24. The summed E-state index contributed by atoms with van der Waals surface area (Å²) in [6.45, 7) is 0. The van der Waals surface area contributed by atoms with Crippen molar-refractivity contribution in [3.05, 3.63) is 53.1 Å². The molecule has 0 atom stereocenters. The molecule has 0 radical (unpaired) electrons. The summed E-state index contributed by atoms with van der Waals surface area (Å²) >= 11 is 0. The number of methoxy groups -OCH3 is 1. The standard InChI is InChI=1S/C12H8F3NO2/c1-18-12-7(4-6(13)5-8(12)14)11(17)9-2-3-10(15)16-9/h2-5,16H,1H3. The lowest BCUT2D eigenvalue weighted by Crippen LogP contribution is -2.07. The van der Waals surface area contributed by atoms with Gasteiger partial charge < -0.3 is 9.72 Å². The Kier molecular flexibility index (Phi) is 3.10. The molecule has 0 unspecified atom stereocenters. The molecule has 1 N–H and O–H groups in total. The normalized spacial score (nSPS) is 10.4. The number of hydrogen-bond donors (Lipinski definition) is 1. The molecule has 0 saturated carbocycles. The van der Waals surface area contributed by atoms with Crippen molar-refractivity contribution < 1.29 is 22.7 Å². The molecule has 0 fully saturated rings. The zero-order chi connectivity index (χ0) is 13.3. The van der Waals surface area contributed by atoms with Gasteiger partial charge >= 0.3 is 0 Å². The molecule has 0 spiro atoms. The molecule has 0 amide bonds. The Bertz CT molecular complexity index is 607. The Morgan fingerprint density at radius 2 is 1.94 bits per heavy atom. The third-order valence-corrected chi connectivity index (χ3v) is 2.35. The van der Waals surface area contributed by atoms with Gasteiger partial charge in [-0.05, 0) is 18.2 Å². The highest BCUT2D eigenvalue weighted by Crippen LogP contribution is 2.26. The van der Waals surface area contributed by atoms with E-state index >= 15 is 0 Å². The number of carbonyl (C=O) groups excluding carboxylic acids is 1. The van der Waals surface area contributed by atoms with Gasteiger partial charge in [0.2, 0.25) is 5.78 Å². The van der Waals surface area contributed by atoms with Crippen LogP contribution in [0.5, 0.6) is 5.75 Å². The van der Waals surface area contributed by atoms with E-state index < -0.39 is 23.4 Å². The molecule has 0 bridgehead atoms. The largest absolute Gasteiger partial charge is 0.493 e. The Balaban J connectivity index is 2.53. The van der Waals surface area contributed by atoms with Crippen molar-refractivity contribution in [1.82, 2.24) is 4.98 Å². The number of nitrogens with one attached hydrogen (secondary N) is 1. The molecular weight excluding hydrogens is 247 g/mol. The van der Waals surface area contributed by atoms with Gasteiger partial charge in [-0.15, -0.1) is 0 Å². The molecule has 94 valence electrons. The molecule has 6 heteroatoms. The Morgan fingerprint density at radius 1 is 1.22 bits per heavy atom. The second-order valence-corrected chi connectivity index (χ2v) is 3.52. The van der Waals surface area contributed by atoms with Gasteiger partial charge in [-0.1, -0.05) is 0 Å². The van der Waals surface area contributed by atoms with E-state index in [4.69, 9.17) is 4.74 Å². The van der Waals surface area contributed by atoms with E-state index in [0.717, 1.165) is 19.2 Å². The average Bonchev–Trinajstić information content (AvgIpc) is 2.74. The first-order valence-corrected chi connectivity index (χ1v) is 4.95. The van der Waals surface area contributed by atoms with Crippen LogP contribution in [0.1, 0.15) is 16.1 Å². The third-order valence-electron chi connectivity index (χ3n) is 2.35. The Morgan fingerprint density at radius 3 is 2.50 bits per heavy atom. The maximum absolute atomic E-state index is 13.4. The SMILES string of the molecule is COc1c(F)cc(F)cc1C(=O)c1ccc(F)[nH]1. The summed E-state index contributed by atoms with van der Waals surface area (Å²) in [5.74, 6) is -3.75. The minimum absolute atomic E-state index is 0.115. The van der Waals surface area contributed by atoms with Crippen LogP contribution >= 0.6 is 0 Å². The number of carbonyl (C=O) groups is 1. The van der Waals surface area contributed by atoms with Gasteiger partial charge in [0.1, 0.15) is 5.82 Å². The second-order valence-electron chi connectivity index (χ2n) is 3.52. The van der Waals surface area contributed by atoms with E-state index in [1.807, 2.05) is 0 Å². The summed E-state index contributed by atoms with van der Waals surface area (Å²) in [4.78, 5) is 14.1. The lowest BCUT2D eigenvalue weighted by Gasteiger charge is -2.08. The predicted octanol–water partition coefficient (Wildman–Crippen LogP) is 2.67. The molecule has 2 aromatic rings. The van der Waals surface area contributed by atoms with Gasteiger partial charge in [0.25, 0.3) is 0 Å². The van der Waals surface area contributed by atoms with Crippen molar-refractivity contribution in [2.45, 2.75) is 0 Å². The van der Waals surface area contributed by atoms with Crippen LogP contribution in [0.3, 0.4) is 0 Å². The predicted molar refractivity (Wildman–Crippen MR) is 57.1 cm³/mol. The number of aromatic amines is 1. The molecule has 1 heterocycles. The van der Waals surface area contributed by atoms with Crippen LogP contribution in [0.15, 0.2) is 24.3 Å². The van der Waals surface area contributed by atoms with Crippen LogP contribution in [0, 0.1) is 17.6 Å². The van der Waals surface area contributed by atoms with Crippen molar-refractivity contribution in [3.8, 4) is 5.75 Å². The number of rotatable bonds is 3. The first-order chi connectivity index (χ1) is 8.52. The maximum atomic E-state index is 13.4. The van der Waals surface area contributed by atoms with Crippen LogP contribution in [0.2, 0.25) is 0 Å². The van der Waals surface area contributed by atoms with Crippen LogP contribution in [-0.2, 0) is 0 Å². The average molecular weight is 255 g/mol. The molecule has 0 aliphatic carbocycles. The second kappa shape index (κ2) is 4.56. The fourth-order valence-corrected chi connectivity index (χ4v) is 1.58. The first kappa shape index (κ1) is 12.2. The zero-order valence-corrected chi connectivity index (χ0v) is 9.26. The minimum Gasteiger partial charge on any atom is -0.493 e. The van der Waals surface area contributed by atoms with E-state index in [9.17, 15) is 18.0 Å². The fraction of sp³-hybridized carbons (Fsp3) is 0.0833. The molecule has 3 nitrogen and oxygen atoms in total. The van der Waals surface area contributed by atoms with E-state index in [2.05, 4.69) is 4.98 Å². The lowest BCUT2D eigenvalue weighted by atomic mass is 10.1. The maximum Gasteiger partial charge on any atom is 0.213 e. The monoisotopic (exact) mass is 255 g/mol. The summed E-state index contributed by atoms with van der Waals surface area (Å²) < 4.78 is 44.0. The van der Waals surface area contributed by atoms with Crippen LogP contribution in [0.25, 0.3) is 0 Å². The molecule has 18 heavy (non-hydrogen) atoms. The van der Waals surface area contributed by atoms with Gasteiger partial charge in [0, 0.05) is 6.07 Å². The Labute approximate surface area is 100 Å². The van der Waals surface area contributed by atoms with Crippen molar-refractivity contribution in [1.29, 1.82) is 0 Å². The van der Waals surface area contributed by atoms with E-state index in [0.29, 0.717) is 6.07 Å². The van der Waals surface area contributed by atoms with Crippen molar-refractivity contribution >= 4 is 5.78 Å². The molecule has 0 aliphatic heterocycles. The third kappa shape index (κ3) is 2.09. The summed E-state index contributed by atoms with van der Waals surface area (Å²) in [5, 5.41) is 0. The number of halogens is 3. The van der Waals surface area contributed by atoms with E-state index in [-0.39, 0.29) is 17.0 Å². The topological polar surface area (TPSA) is 42.1 Å². The highest BCUT2D eigenvalue weighted by Gasteiger charge is 2.20. The van der Waals surface area contributed by atoms with Gasteiger partial charge in [-0.2, -0.15) is 4.39 Å². The molecule has 1 aromatic heterocycles. The summed E-state index contributed by atoms with van der Waals surface area (Å²) in [7, 11) is 1.16. The van der Waals surface area contributed by atoms with Gasteiger partial charge in [0.15, 0.2) is 17.5 Å². The van der Waals surface area contributed by atoms with E-state index in [1.165, 1.54) is 6.07 Å². The molecule has 1 aromatic carbocycles. The number of H-pyrrole nitrogens is 1. The highest BCUT2D eigenvalue weighted by molar-refractivity contribution is 6.09. The van der Waals surface area contributed by atoms with Crippen molar-refractivity contribution in [2.75, 3.05) is 7.11 Å². The summed E-state index contributed by atoms with van der Waals surface area (Å²) in [5.41, 5.74) is -0.423. The van der Waals surface area contributed by atoms with Crippen LogP contribution in [0.4, 0.5) is 13.2 Å². The quantitative estimate of drug-likeness (QED) is 0.857. The smallest absolute Gasteiger partial charge is 0.213 e. The van der Waals surface area contributed by atoms with Gasteiger partial charge in [-0.3, -0.25) is 4.79 Å². The molecule has 0 saturated heterocycles. The number of ether oxygens (including phenoxy) is 1. The molecular formula is C12H8F3NO2. The minimum atomic E-state index is -0.993. The lowest BCUT2D eigenvalue weighted by molar-refractivity contribution is 0.103. The van der Waals surface area contributed by atoms with Crippen molar-refractivity contribution in [3.63, 3.8) is 0 Å². The number of hydrogen-bond acceptors (Lipinski definition) is 2. The zero-order valence-electron chi connectivity index (χ0n) is 9.26. The van der Waals surface area contributed by atoms with Gasteiger partial charge in [0.05, 0.1) is 18.4 Å². The first-order valence-electron chi connectivity index (χ1n) is 4.95. The van der Waals surface area contributed by atoms with Crippen LogP contribution in [-0.4, -0.2) is 17.9 Å². The molecule has 0 aliphatic rings.